The lowest BCUT2D eigenvalue weighted by molar-refractivity contribution is 1.02. The highest BCUT2D eigenvalue weighted by molar-refractivity contribution is 9.10. The summed E-state index contributed by atoms with van der Waals surface area (Å²) >= 11 is 4.99. The van der Waals surface area contributed by atoms with Gasteiger partial charge in [0.25, 0.3) is 0 Å². The third-order valence-corrected chi connectivity index (χ3v) is 3.62. The van der Waals surface area contributed by atoms with Crippen molar-refractivity contribution in [1.82, 2.24) is 9.97 Å². The number of aromatic nitrogens is 2. The Kier molecular flexibility index (Phi) is 3.46. The zero-order chi connectivity index (χ0) is 11.5. The molecule has 0 radical (unpaired) electrons. The number of anilines is 1. The topological polar surface area (TPSA) is 51.8 Å². The van der Waals surface area contributed by atoms with Gasteiger partial charge in [0, 0.05) is 21.1 Å². The Labute approximate surface area is 107 Å². The number of nitrogens with zero attached hydrogens (tertiary/aromatic N) is 2. The van der Waals surface area contributed by atoms with Crippen LogP contribution in [-0.2, 0) is 0 Å². The summed E-state index contributed by atoms with van der Waals surface area (Å²) in [5, 5.41) is 0.898. The fourth-order valence-electron chi connectivity index (χ4n) is 1.16. The van der Waals surface area contributed by atoms with Crippen molar-refractivity contribution in [2.45, 2.75) is 16.8 Å². The average Bonchev–Trinajstić information content (AvgIpc) is 2.27. The predicted octanol–water partition coefficient (Wildman–Crippen LogP) is 3.28. The second kappa shape index (κ2) is 4.84. The summed E-state index contributed by atoms with van der Waals surface area (Å²) in [6.07, 6.45) is 1.74. The van der Waals surface area contributed by atoms with E-state index in [0.29, 0.717) is 5.95 Å². The quantitative estimate of drug-likeness (QED) is 0.864. The predicted molar refractivity (Wildman–Crippen MR) is 69.4 cm³/mol. The Morgan fingerprint density at radius 3 is 2.62 bits per heavy atom. The Morgan fingerprint density at radius 2 is 1.94 bits per heavy atom. The van der Waals surface area contributed by atoms with Gasteiger partial charge in [-0.2, -0.15) is 0 Å². The second-order valence-corrected chi connectivity index (χ2v) is 5.25. The molecule has 1 aromatic carbocycles. The Balaban J connectivity index is 2.26. The highest BCUT2D eigenvalue weighted by Crippen LogP contribution is 2.29. The van der Waals surface area contributed by atoms with E-state index in [1.165, 1.54) is 0 Å². The zero-order valence-electron chi connectivity index (χ0n) is 8.64. The van der Waals surface area contributed by atoms with Crippen molar-refractivity contribution in [2.24, 2.45) is 0 Å². The first-order valence-electron chi connectivity index (χ1n) is 4.67. The molecule has 16 heavy (non-hydrogen) atoms. The molecule has 0 spiro atoms. The third-order valence-electron chi connectivity index (χ3n) is 1.97. The van der Waals surface area contributed by atoms with Crippen molar-refractivity contribution in [2.75, 3.05) is 5.73 Å². The lowest BCUT2D eigenvalue weighted by Crippen LogP contribution is -1.96. The lowest BCUT2D eigenvalue weighted by atomic mass is 10.4. The van der Waals surface area contributed by atoms with Crippen molar-refractivity contribution in [3.63, 3.8) is 0 Å². The first kappa shape index (κ1) is 11.4. The van der Waals surface area contributed by atoms with Crippen LogP contribution in [0.3, 0.4) is 0 Å². The molecule has 0 aliphatic rings. The molecule has 0 fully saturated rings. The molecule has 2 rings (SSSR count). The van der Waals surface area contributed by atoms with Gasteiger partial charge in [-0.3, -0.25) is 0 Å². The standard InChI is InChI=1S/C11H10BrN3S/c1-7-6-14-11(13)15-10(7)16-9-4-2-8(12)3-5-9/h2-6H,1H3,(H2,13,14,15). The fraction of sp³-hybridized carbons (Fsp3) is 0.0909. The molecule has 0 aliphatic carbocycles. The number of halogens is 1. The van der Waals surface area contributed by atoms with Crippen molar-refractivity contribution >= 4 is 33.6 Å². The number of hydrogen-bond acceptors (Lipinski definition) is 4. The van der Waals surface area contributed by atoms with Crippen LogP contribution in [-0.4, -0.2) is 9.97 Å². The third kappa shape index (κ3) is 2.74. The summed E-state index contributed by atoms with van der Waals surface area (Å²) in [6, 6.07) is 8.07. The minimum Gasteiger partial charge on any atom is -0.368 e. The molecule has 1 heterocycles. The molecule has 3 nitrogen and oxygen atoms in total. The smallest absolute Gasteiger partial charge is 0.221 e. The summed E-state index contributed by atoms with van der Waals surface area (Å²) in [5.74, 6) is 0.310. The van der Waals surface area contributed by atoms with Gasteiger partial charge in [0.15, 0.2) is 0 Å². The van der Waals surface area contributed by atoms with Gasteiger partial charge in [-0.15, -0.1) is 0 Å². The SMILES string of the molecule is Cc1cnc(N)nc1Sc1ccc(Br)cc1. The van der Waals surface area contributed by atoms with Gasteiger partial charge in [-0.25, -0.2) is 9.97 Å². The van der Waals surface area contributed by atoms with Crippen LogP contribution in [0.4, 0.5) is 5.95 Å². The summed E-state index contributed by atoms with van der Waals surface area (Å²) < 4.78 is 1.07. The van der Waals surface area contributed by atoms with E-state index in [4.69, 9.17) is 5.73 Å². The molecule has 2 aromatic rings. The lowest BCUT2D eigenvalue weighted by Gasteiger charge is -2.04. The van der Waals surface area contributed by atoms with E-state index in [2.05, 4.69) is 25.9 Å². The fourth-order valence-corrected chi connectivity index (χ4v) is 2.27. The van der Waals surface area contributed by atoms with Gasteiger partial charge in [0.2, 0.25) is 5.95 Å². The van der Waals surface area contributed by atoms with Crippen LogP contribution in [0, 0.1) is 6.92 Å². The molecule has 0 saturated carbocycles. The van der Waals surface area contributed by atoms with E-state index in [9.17, 15) is 0 Å². The van der Waals surface area contributed by atoms with Gasteiger partial charge < -0.3 is 5.73 Å². The van der Waals surface area contributed by atoms with Gasteiger partial charge >= 0.3 is 0 Å². The molecular weight excluding hydrogens is 286 g/mol. The second-order valence-electron chi connectivity index (χ2n) is 3.27. The maximum Gasteiger partial charge on any atom is 0.221 e. The molecule has 0 bridgehead atoms. The maximum atomic E-state index is 5.56. The van der Waals surface area contributed by atoms with E-state index in [0.717, 1.165) is 20.0 Å². The van der Waals surface area contributed by atoms with Crippen LogP contribution >= 0.6 is 27.7 Å². The van der Waals surface area contributed by atoms with Crippen molar-refractivity contribution in [3.8, 4) is 0 Å². The minimum absolute atomic E-state index is 0.310. The number of nitrogens with two attached hydrogens (primary N) is 1. The van der Waals surface area contributed by atoms with Gasteiger partial charge in [0.05, 0.1) is 0 Å². The summed E-state index contributed by atoms with van der Waals surface area (Å²) in [6.45, 7) is 1.97. The van der Waals surface area contributed by atoms with Crippen molar-refractivity contribution < 1.29 is 0 Å². The molecular formula is C11H10BrN3S. The van der Waals surface area contributed by atoms with Gasteiger partial charge in [0.1, 0.15) is 5.03 Å². The number of benzene rings is 1. The van der Waals surface area contributed by atoms with Crippen LogP contribution < -0.4 is 5.73 Å². The average molecular weight is 296 g/mol. The first-order chi connectivity index (χ1) is 7.65. The zero-order valence-corrected chi connectivity index (χ0v) is 11.0. The van der Waals surface area contributed by atoms with Gasteiger partial charge in [-0.1, -0.05) is 27.7 Å². The molecule has 0 aliphatic heterocycles. The van der Waals surface area contributed by atoms with Crippen LogP contribution in [0.15, 0.2) is 44.9 Å². The Bertz CT molecular complexity index is 499. The van der Waals surface area contributed by atoms with Crippen molar-refractivity contribution in [1.29, 1.82) is 0 Å². The molecule has 0 unspecified atom stereocenters. The molecule has 0 amide bonds. The van der Waals surface area contributed by atoms with Crippen LogP contribution in [0.25, 0.3) is 0 Å². The minimum atomic E-state index is 0.310. The molecule has 0 atom stereocenters. The van der Waals surface area contributed by atoms with E-state index in [-0.39, 0.29) is 0 Å². The van der Waals surface area contributed by atoms with Crippen LogP contribution in [0.1, 0.15) is 5.56 Å². The number of hydrogen-bond donors (Lipinski definition) is 1. The Hall–Kier alpha value is -1.07. The Morgan fingerprint density at radius 1 is 1.25 bits per heavy atom. The first-order valence-corrected chi connectivity index (χ1v) is 6.28. The molecule has 0 saturated heterocycles. The monoisotopic (exact) mass is 295 g/mol. The summed E-state index contributed by atoms with van der Waals surface area (Å²) in [5.41, 5.74) is 6.59. The highest BCUT2D eigenvalue weighted by atomic mass is 79.9. The number of rotatable bonds is 2. The number of nitrogen functional groups attached to an aromatic ring is 1. The normalized spacial score (nSPS) is 10.4. The van der Waals surface area contributed by atoms with E-state index < -0.39 is 0 Å². The molecule has 2 N–H and O–H groups in total. The van der Waals surface area contributed by atoms with E-state index in [1.807, 2.05) is 31.2 Å². The largest absolute Gasteiger partial charge is 0.368 e. The maximum absolute atomic E-state index is 5.56. The number of aryl methyl sites for hydroxylation is 1. The molecule has 82 valence electrons. The van der Waals surface area contributed by atoms with E-state index >= 15 is 0 Å². The van der Waals surface area contributed by atoms with Crippen LogP contribution in [0.5, 0.6) is 0 Å². The summed E-state index contributed by atoms with van der Waals surface area (Å²) in [4.78, 5) is 9.28. The summed E-state index contributed by atoms with van der Waals surface area (Å²) in [7, 11) is 0. The van der Waals surface area contributed by atoms with Crippen LogP contribution in [0.2, 0.25) is 0 Å². The molecule has 5 heteroatoms. The molecule has 1 aromatic heterocycles. The highest BCUT2D eigenvalue weighted by Gasteiger charge is 2.04. The van der Waals surface area contributed by atoms with Crippen molar-refractivity contribution in [3.05, 3.63) is 40.5 Å². The van der Waals surface area contributed by atoms with E-state index in [1.54, 1.807) is 18.0 Å². The van der Waals surface area contributed by atoms with Gasteiger partial charge in [-0.05, 0) is 31.2 Å².